The van der Waals surface area contributed by atoms with Gasteiger partial charge in [0.1, 0.15) is 5.54 Å². The molecule has 1 aromatic carbocycles. The molecule has 2 fully saturated rings. The molecule has 1 aliphatic carbocycles. The largest absolute Gasteiger partial charge is 0.331 e. The highest BCUT2D eigenvalue weighted by atomic mass is 35.5. The van der Waals surface area contributed by atoms with Crippen LogP contribution in [0.3, 0.4) is 0 Å². The summed E-state index contributed by atoms with van der Waals surface area (Å²) >= 11 is 6.09. The molecule has 0 aromatic heterocycles. The number of amides is 1. The highest BCUT2D eigenvalue weighted by Crippen LogP contribution is 2.35. The number of benzene rings is 1. The molecule has 1 saturated carbocycles. The number of hydrogen-bond acceptors (Lipinski definition) is 5. The van der Waals surface area contributed by atoms with Crippen LogP contribution in [0.1, 0.15) is 56.1 Å². The van der Waals surface area contributed by atoms with Gasteiger partial charge in [-0.3, -0.25) is 9.59 Å². The minimum absolute atomic E-state index is 0.00343. The molecule has 3 rings (SSSR count). The number of carbonyl (C=O) groups excluding carboxylic acids is 2. The van der Waals surface area contributed by atoms with Gasteiger partial charge < -0.3 is 10.6 Å². The van der Waals surface area contributed by atoms with Gasteiger partial charge in [0.05, 0.1) is 12.3 Å². The van der Waals surface area contributed by atoms with Crippen LogP contribution in [0.5, 0.6) is 0 Å². The highest BCUT2D eigenvalue weighted by molar-refractivity contribution is 7.88. The normalized spacial score (nSPS) is 21.2. The van der Waals surface area contributed by atoms with E-state index in [1.807, 2.05) is 12.1 Å². The van der Waals surface area contributed by atoms with E-state index >= 15 is 0 Å². The number of sulfonamides is 1. The van der Waals surface area contributed by atoms with E-state index in [0.717, 1.165) is 36.6 Å². The van der Waals surface area contributed by atoms with E-state index in [4.69, 9.17) is 17.3 Å². The van der Waals surface area contributed by atoms with Crippen molar-refractivity contribution in [1.29, 1.82) is 0 Å². The number of nitrogens with two attached hydrogens (primary N) is 1. The Morgan fingerprint density at radius 1 is 1.23 bits per heavy atom. The van der Waals surface area contributed by atoms with Crippen molar-refractivity contribution in [1.82, 2.24) is 9.62 Å². The molecule has 0 unspecified atom stereocenters. The third-order valence-electron chi connectivity index (χ3n) is 6.16. The Morgan fingerprint density at radius 2 is 1.93 bits per heavy atom. The number of nitrogens with one attached hydrogen (secondary N) is 1. The van der Waals surface area contributed by atoms with E-state index in [0.29, 0.717) is 43.8 Å². The average Bonchev–Trinajstić information content (AvgIpc) is 3.34. The molecule has 2 aliphatic rings. The number of hydrogen-bond donors (Lipinski definition) is 2. The van der Waals surface area contributed by atoms with Gasteiger partial charge >= 0.3 is 0 Å². The summed E-state index contributed by atoms with van der Waals surface area (Å²) in [7, 11) is -3.54. The lowest BCUT2D eigenvalue weighted by molar-refractivity contribution is -0.142. The number of carbonyl (C=O) groups is 2. The zero-order valence-corrected chi connectivity index (χ0v) is 18.9. The number of Topliss-reactive ketones (excluding diaryl/α,β-unsaturated/α-hetero) is 1. The SMILES string of the molecule is CS(=O)(=O)NC1(C(=O)N2CCC[C@H]2C(=O)CCc2cc(Cl)ccc2CN)CCCC1. The Morgan fingerprint density at radius 3 is 2.57 bits per heavy atom. The number of halogens is 1. The molecule has 0 radical (unpaired) electrons. The quantitative estimate of drug-likeness (QED) is 0.624. The summed E-state index contributed by atoms with van der Waals surface area (Å²) in [4.78, 5) is 28.0. The van der Waals surface area contributed by atoms with Crippen LogP contribution in [0.25, 0.3) is 0 Å². The highest BCUT2D eigenvalue weighted by Gasteiger charge is 2.48. The van der Waals surface area contributed by atoms with Gasteiger partial charge in [-0.05, 0) is 55.4 Å². The molecular formula is C21H30ClN3O4S. The molecule has 0 bridgehead atoms. The van der Waals surface area contributed by atoms with Crippen molar-refractivity contribution in [3.63, 3.8) is 0 Å². The molecule has 1 atom stereocenters. The van der Waals surface area contributed by atoms with Crippen molar-refractivity contribution < 1.29 is 18.0 Å². The molecule has 1 amide bonds. The molecule has 0 spiro atoms. The van der Waals surface area contributed by atoms with Crippen molar-refractivity contribution in [2.75, 3.05) is 12.8 Å². The van der Waals surface area contributed by atoms with Crippen molar-refractivity contribution in [3.8, 4) is 0 Å². The first-order valence-electron chi connectivity index (χ1n) is 10.5. The predicted octanol–water partition coefficient (Wildman–Crippen LogP) is 2.15. The van der Waals surface area contributed by atoms with Crippen molar-refractivity contribution in [2.45, 2.75) is 69.5 Å². The number of aryl methyl sites for hydroxylation is 1. The molecule has 30 heavy (non-hydrogen) atoms. The monoisotopic (exact) mass is 455 g/mol. The van der Waals surface area contributed by atoms with Gasteiger partial charge in [-0.15, -0.1) is 0 Å². The zero-order chi connectivity index (χ0) is 21.9. The standard InChI is InChI=1S/C21H30ClN3O4S/c1-30(28,29)24-21(10-2-3-11-21)20(27)25-12-4-5-18(25)19(26)9-7-15-13-17(22)8-6-16(15)14-23/h6,8,13,18,24H,2-5,7,9-12,14,23H2,1H3/t18-/m0/s1. The van der Waals surface area contributed by atoms with Crippen LogP contribution in [0.2, 0.25) is 5.02 Å². The Hall–Kier alpha value is -1.48. The number of likely N-dealkylation sites (tertiary alicyclic amines) is 1. The van der Waals surface area contributed by atoms with Crippen molar-refractivity contribution >= 4 is 33.3 Å². The van der Waals surface area contributed by atoms with Gasteiger partial charge in [0.2, 0.25) is 15.9 Å². The van der Waals surface area contributed by atoms with E-state index in [1.54, 1.807) is 11.0 Å². The van der Waals surface area contributed by atoms with Crippen molar-refractivity contribution in [2.24, 2.45) is 5.73 Å². The molecule has 1 heterocycles. The molecule has 9 heteroatoms. The topological polar surface area (TPSA) is 110 Å². The third-order valence-corrected chi connectivity index (χ3v) is 7.16. The lowest BCUT2D eigenvalue weighted by atomic mass is 9.95. The Kier molecular flexibility index (Phi) is 7.22. The smallest absolute Gasteiger partial charge is 0.244 e. The van der Waals surface area contributed by atoms with Gasteiger partial charge in [-0.1, -0.05) is 30.5 Å². The van der Waals surface area contributed by atoms with E-state index < -0.39 is 21.6 Å². The first kappa shape index (κ1) is 23.2. The zero-order valence-electron chi connectivity index (χ0n) is 17.3. The van der Waals surface area contributed by atoms with Crippen LogP contribution < -0.4 is 10.5 Å². The van der Waals surface area contributed by atoms with Gasteiger partial charge in [0, 0.05) is 24.5 Å². The Balaban J connectivity index is 1.72. The summed E-state index contributed by atoms with van der Waals surface area (Å²) < 4.78 is 26.4. The van der Waals surface area contributed by atoms with E-state index in [1.165, 1.54) is 0 Å². The van der Waals surface area contributed by atoms with Crippen LogP contribution in [-0.2, 0) is 32.6 Å². The maximum atomic E-state index is 13.4. The first-order valence-corrected chi connectivity index (χ1v) is 12.7. The summed E-state index contributed by atoms with van der Waals surface area (Å²) in [5.41, 5.74) is 6.57. The number of nitrogens with zero attached hydrogens (tertiary/aromatic N) is 1. The van der Waals surface area contributed by atoms with Gasteiger partial charge in [-0.25, -0.2) is 8.42 Å². The lowest BCUT2D eigenvalue weighted by Crippen LogP contribution is -2.59. The lowest BCUT2D eigenvalue weighted by Gasteiger charge is -2.35. The third kappa shape index (κ3) is 5.22. The van der Waals surface area contributed by atoms with Crippen LogP contribution in [0, 0.1) is 0 Å². The first-order chi connectivity index (χ1) is 14.1. The molecule has 166 valence electrons. The second kappa shape index (κ2) is 9.34. The number of rotatable bonds is 8. The second-order valence-corrected chi connectivity index (χ2v) is 10.6. The molecular weight excluding hydrogens is 426 g/mol. The van der Waals surface area contributed by atoms with Crippen molar-refractivity contribution in [3.05, 3.63) is 34.3 Å². The fraction of sp³-hybridized carbons (Fsp3) is 0.619. The Bertz CT molecular complexity index is 913. The van der Waals surface area contributed by atoms with Crippen LogP contribution in [-0.4, -0.2) is 49.4 Å². The van der Waals surface area contributed by atoms with Crippen LogP contribution in [0.15, 0.2) is 18.2 Å². The van der Waals surface area contributed by atoms with E-state index in [9.17, 15) is 18.0 Å². The van der Waals surface area contributed by atoms with Gasteiger partial charge in [0.15, 0.2) is 5.78 Å². The maximum absolute atomic E-state index is 13.4. The van der Waals surface area contributed by atoms with Gasteiger partial charge in [-0.2, -0.15) is 4.72 Å². The fourth-order valence-electron chi connectivity index (χ4n) is 4.76. The van der Waals surface area contributed by atoms with Gasteiger partial charge in [0.25, 0.3) is 0 Å². The van der Waals surface area contributed by atoms with E-state index in [-0.39, 0.29) is 18.1 Å². The molecule has 1 aliphatic heterocycles. The molecule has 1 saturated heterocycles. The second-order valence-electron chi connectivity index (χ2n) is 8.40. The predicted molar refractivity (Wildman–Crippen MR) is 117 cm³/mol. The summed E-state index contributed by atoms with van der Waals surface area (Å²) in [5, 5.41) is 0.599. The van der Waals surface area contributed by atoms with Crippen LogP contribution >= 0.6 is 11.6 Å². The minimum Gasteiger partial charge on any atom is -0.331 e. The summed E-state index contributed by atoms with van der Waals surface area (Å²) in [6, 6.07) is 4.98. The summed E-state index contributed by atoms with van der Waals surface area (Å²) in [6.07, 6.45) is 5.74. The fourth-order valence-corrected chi connectivity index (χ4v) is 5.96. The van der Waals surface area contributed by atoms with E-state index in [2.05, 4.69) is 4.72 Å². The average molecular weight is 456 g/mol. The molecule has 1 aromatic rings. The number of ketones is 1. The minimum atomic E-state index is -3.54. The summed E-state index contributed by atoms with van der Waals surface area (Å²) in [5.74, 6) is -0.261. The molecule has 7 nitrogen and oxygen atoms in total. The Labute approximate surface area is 183 Å². The molecule has 3 N–H and O–H groups in total. The summed E-state index contributed by atoms with van der Waals surface area (Å²) in [6.45, 7) is 0.849. The maximum Gasteiger partial charge on any atom is 0.244 e. The van der Waals surface area contributed by atoms with Crippen LogP contribution in [0.4, 0.5) is 0 Å².